The lowest BCUT2D eigenvalue weighted by Crippen LogP contribution is -2.47. The van der Waals surface area contributed by atoms with Crippen molar-refractivity contribution in [1.82, 2.24) is 0 Å². The van der Waals surface area contributed by atoms with E-state index in [0.29, 0.717) is 11.8 Å². The van der Waals surface area contributed by atoms with Crippen LogP contribution in [0.2, 0.25) is 0 Å². The maximum Gasteiger partial charge on any atom is 0.303 e. The Balaban J connectivity index is 1.52. The number of carbonyl (C=O) groups is 3. The van der Waals surface area contributed by atoms with Crippen molar-refractivity contribution in [2.45, 2.75) is 59.8 Å². The van der Waals surface area contributed by atoms with Crippen LogP contribution < -0.4 is 0 Å². The van der Waals surface area contributed by atoms with Crippen molar-refractivity contribution in [3.8, 4) is 0 Å². The number of rotatable bonds is 3. The third-order valence-corrected chi connectivity index (χ3v) is 9.43. The van der Waals surface area contributed by atoms with Gasteiger partial charge in [0.05, 0.1) is 0 Å². The second-order valence-corrected chi connectivity index (χ2v) is 10.7. The van der Waals surface area contributed by atoms with Gasteiger partial charge < -0.3 is 4.74 Å². The predicted octanol–water partition coefficient (Wildman–Crippen LogP) is 4.35. The van der Waals surface area contributed by atoms with Crippen molar-refractivity contribution in [3.05, 3.63) is 35.5 Å². The highest BCUT2D eigenvalue weighted by Gasteiger charge is 2.82. The fourth-order valence-electron chi connectivity index (χ4n) is 7.96. The van der Waals surface area contributed by atoms with E-state index >= 15 is 0 Å². The maximum atomic E-state index is 13.3. The van der Waals surface area contributed by atoms with Crippen LogP contribution in [-0.4, -0.2) is 24.1 Å². The monoisotopic (exact) mass is 394 g/mol. The fraction of sp³-hybridized carbons (Fsp3) is 0.640. The molecule has 0 spiro atoms. The topological polar surface area (TPSA) is 60.4 Å². The molecule has 0 saturated heterocycles. The third kappa shape index (κ3) is 2.18. The second kappa shape index (κ2) is 5.59. The minimum absolute atomic E-state index is 0.0162. The highest BCUT2D eigenvalue weighted by molar-refractivity contribution is 6.01. The summed E-state index contributed by atoms with van der Waals surface area (Å²) < 4.78 is 5.13. The summed E-state index contributed by atoms with van der Waals surface area (Å²) in [6.45, 7) is 8.09. The lowest BCUT2D eigenvalue weighted by molar-refractivity contribution is -0.150. The van der Waals surface area contributed by atoms with Crippen LogP contribution in [0, 0.1) is 33.5 Å². The first-order valence-electron chi connectivity index (χ1n) is 10.9. The molecule has 4 nitrogen and oxygen atoms in total. The van der Waals surface area contributed by atoms with Crippen molar-refractivity contribution >= 4 is 17.5 Å². The molecule has 0 aromatic carbocycles. The van der Waals surface area contributed by atoms with Crippen LogP contribution in [0.4, 0.5) is 0 Å². The first-order valence-corrected chi connectivity index (χ1v) is 10.9. The average Bonchev–Trinajstić information content (AvgIpc) is 3.24. The van der Waals surface area contributed by atoms with Gasteiger partial charge >= 0.3 is 5.97 Å². The maximum absolute atomic E-state index is 13.3. The molecule has 0 radical (unpaired) electrons. The van der Waals surface area contributed by atoms with Gasteiger partial charge in [-0.25, -0.2) is 0 Å². The van der Waals surface area contributed by atoms with E-state index in [1.54, 1.807) is 6.08 Å². The Kier molecular flexibility index (Phi) is 3.66. The summed E-state index contributed by atoms with van der Waals surface area (Å²) in [5, 5.41) is 0. The van der Waals surface area contributed by atoms with E-state index in [1.807, 2.05) is 6.08 Å². The SMILES string of the molecule is CC(=O)OCC(=O)C12CC1(C)CC1C3CCC4=CC(=O)C=CC4(C)C3=CCC12C. The van der Waals surface area contributed by atoms with Gasteiger partial charge in [-0.2, -0.15) is 0 Å². The molecule has 0 aromatic rings. The van der Waals surface area contributed by atoms with Crippen molar-refractivity contribution < 1.29 is 19.1 Å². The van der Waals surface area contributed by atoms with Gasteiger partial charge in [0, 0.05) is 17.8 Å². The van der Waals surface area contributed by atoms with Gasteiger partial charge in [0.15, 0.2) is 18.2 Å². The molecule has 6 unspecified atom stereocenters. The lowest BCUT2D eigenvalue weighted by atomic mass is 9.50. The Morgan fingerprint density at radius 1 is 1.24 bits per heavy atom. The summed E-state index contributed by atoms with van der Waals surface area (Å²) in [5.41, 5.74) is 2.11. The van der Waals surface area contributed by atoms with E-state index in [0.717, 1.165) is 32.1 Å². The highest BCUT2D eigenvalue weighted by atomic mass is 16.5. The van der Waals surface area contributed by atoms with Crippen LogP contribution in [0.3, 0.4) is 0 Å². The molecule has 5 aliphatic carbocycles. The minimum Gasteiger partial charge on any atom is -0.458 e. The first-order chi connectivity index (χ1) is 13.6. The van der Waals surface area contributed by atoms with Crippen LogP contribution in [0.5, 0.6) is 0 Å². The number of allylic oxidation sites excluding steroid dienone is 6. The molecule has 3 fully saturated rings. The Morgan fingerprint density at radius 3 is 2.72 bits per heavy atom. The smallest absolute Gasteiger partial charge is 0.303 e. The molecule has 0 bridgehead atoms. The van der Waals surface area contributed by atoms with Gasteiger partial charge in [-0.15, -0.1) is 0 Å². The Labute approximate surface area is 172 Å². The molecule has 3 saturated carbocycles. The molecule has 0 aliphatic heterocycles. The number of fused-ring (bicyclic) bond motifs is 7. The molecule has 154 valence electrons. The molecule has 0 heterocycles. The van der Waals surface area contributed by atoms with Gasteiger partial charge in [0.1, 0.15) is 0 Å². The number of esters is 1. The zero-order valence-electron chi connectivity index (χ0n) is 17.8. The van der Waals surface area contributed by atoms with E-state index < -0.39 is 0 Å². The summed E-state index contributed by atoms with van der Waals surface area (Å²) in [5.74, 6) is 0.745. The molecule has 0 aromatic heterocycles. The van der Waals surface area contributed by atoms with Gasteiger partial charge in [-0.1, -0.05) is 37.1 Å². The molecular weight excluding hydrogens is 364 g/mol. The summed E-state index contributed by atoms with van der Waals surface area (Å²) in [4.78, 5) is 36.5. The van der Waals surface area contributed by atoms with Crippen molar-refractivity contribution in [2.24, 2.45) is 33.5 Å². The molecule has 0 N–H and O–H groups in total. The van der Waals surface area contributed by atoms with E-state index in [9.17, 15) is 14.4 Å². The van der Waals surface area contributed by atoms with E-state index in [1.165, 1.54) is 18.1 Å². The quantitative estimate of drug-likeness (QED) is 0.527. The minimum atomic E-state index is -0.388. The molecule has 5 aliphatic rings. The summed E-state index contributed by atoms with van der Waals surface area (Å²) >= 11 is 0. The van der Waals surface area contributed by atoms with Crippen LogP contribution in [0.25, 0.3) is 0 Å². The third-order valence-electron chi connectivity index (χ3n) is 9.43. The Bertz CT molecular complexity index is 938. The van der Waals surface area contributed by atoms with Gasteiger partial charge in [0.2, 0.25) is 0 Å². The zero-order valence-corrected chi connectivity index (χ0v) is 17.8. The zero-order chi connectivity index (χ0) is 20.8. The van der Waals surface area contributed by atoms with E-state index in [2.05, 4.69) is 32.9 Å². The molecule has 6 atom stereocenters. The Hall–Kier alpha value is -1.97. The number of ether oxygens (including phenoxy) is 1. The van der Waals surface area contributed by atoms with Gasteiger partial charge in [-0.3, -0.25) is 14.4 Å². The normalized spacial score (nSPS) is 46.6. The predicted molar refractivity (Wildman–Crippen MR) is 109 cm³/mol. The van der Waals surface area contributed by atoms with Crippen LogP contribution in [-0.2, 0) is 19.1 Å². The van der Waals surface area contributed by atoms with Gasteiger partial charge in [0.25, 0.3) is 0 Å². The van der Waals surface area contributed by atoms with Crippen LogP contribution in [0.1, 0.15) is 59.8 Å². The fourth-order valence-corrected chi connectivity index (χ4v) is 7.96. The number of hydrogen-bond acceptors (Lipinski definition) is 4. The van der Waals surface area contributed by atoms with E-state index in [4.69, 9.17) is 4.74 Å². The standard InChI is InChI=1S/C25H30O4/c1-15(26)29-13-21(28)25-14-22(25,2)12-20-18-6-5-16-11-17(27)7-9-23(16,3)19(18)8-10-24(20,25)4/h7-9,11,18,20H,5-6,10,12-14H2,1-4H3. The molecule has 5 rings (SSSR count). The second-order valence-electron chi connectivity index (χ2n) is 10.7. The molecule has 29 heavy (non-hydrogen) atoms. The average molecular weight is 395 g/mol. The highest BCUT2D eigenvalue weighted by Crippen LogP contribution is 2.85. The summed E-state index contributed by atoms with van der Waals surface area (Å²) in [7, 11) is 0. The molecule has 4 heteroatoms. The van der Waals surface area contributed by atoms with E-state index in [-0.39, 0.29) is 45.8 Å². The van der Waals surface area contributed by atoms with Crippen LogP contribution in [0.15, 0.2) is 35.5 Å². The van der Waals surface area contributed by atoms with Crippen molar-refractivity contribution in [2.75, 3.05) is 6.61 Å². The summed E-state index contributed by atoms with van der Waals surface area (Å²) in [6.07, 6.45) is 12.9. The number of carbonyl (C=O) groups excluding carboxylic acids is 3. The van der Waals surface area contributed by atoms with Crippen LogP contribution >= 0.6 is 0 Å². The number of hydrogen-bond donors (Lipinski definition) is 0. The first kappa shape index (κ1) is 19.0. The molecular formula is C25H30O4. The summed E-state index contributed by atoms with van der Waals surface area (Å²) in [6, 6.07) is 0. The molecule has 0 amide bonds. The largest absolute Gasteiger partial charge is 0.458 e. The lowest BCUT2D eigenvalue weighted by Gasteiger charge is -2.53. The Morgan fingerprint density at radius 2 is 2.00 bits per heavy atom. The number of Topliss-reactive ketones (excluding diaryl/α,β-unsaturated/α-hetero) is 1. The number of ketones is 2. The van der Waals surface area contributed by atoms with Crippen molar-refractivity contribution in [3.63, 3.8) is 0 Å². The van der Waals surface area contributed by atoms with Gasteiger partial charge in [-0.05, 0) is 73.8 Å². The van der Waals surface area contributed by atoms with Crippen molar-refractivity contribution in [1.29, 1.82) is 0 Å².